The van der Waals surface area contributed by atoms with Crippen LogP contribution in [-0.2, 0) is 11.2 Å². The fourth-order valence-corrected chi connectivity index (χ4v) is 2.75. The molecule has 0 saturated carbocycles. The summed E-state index contributed by atoms with van der Waals surface area (Å²) < 4.78 is 5.55. The Morgan fingerprint density at radius 3 is 3.16 bits per heavy atom. The minimum Gasteiger partial charge on any atom is -0.384 e. The number of ether oxygens (including phenoxy) is 1. The summed E-state index contributed by atoms with van der Waals surface area (Å²) in [5, 5.41) is 17.6. The van der Waals surface area contributed by atoms with Crippen LogP contribution in [0.3, 0.4) is 0 Å². The second-order valence-corrected chi connectivity index (χ2v) is 4.94. The maximum absolute atomic E-state index is 11.1. The minimum atomic E-state index is -0.323. The molecule has 6 heteroatoms. The number of hydrogen-bond donors (Lipinski definition) is 2. The highest BCUT2D eigenvalue weighted by Gasteiger charge is 2.24. The first-order chi connectivity index (χ1) is 9.25. The third-order valence-corrected chi connectivity index (χ3v) is 3.71. The zero-order valence-electron chi connectivity index (χ0n) is 10.6. The second kappa shape index (κ2) is 5.05. The van der Waals surface area contributed by atoms with Crippen LogP contribution in [0.1, 0.15) is 18.4 Å². The summed E-state index contributed by atoms with van der Waals surface area (Å²) in [5.74, 6) is 0. The van der Waals surface area contributed by atoms with E-state index in [1.54, 1.807) is 12.1 Å². The minimum absolute atomic E-state index is 0.153. The number of fused-ring (bicyclic) bond motifs is 1. The SMILES string of the molecule is O=[N+]([O-])c1ccc2c(c1NCC1CCCO1)CCN2. The first-order valence-electron chi connectivity index (χ1n) is 6.65. The average Bonchev–Trinajstić information content (AvgIpc) is 3.06. The summed E-state index contributed by atoms with van der Waals surface area (Å²) in [5.41, 5.74) is 2.83. The standard InChI is InChI=1S/C13H17N3O3/c17-16(18)12-4-3-11-10(5-6-14-11)13(12)15-8-9-2-1-7-19-9/h3-4,9,14-15H,1-2,5-8H2. The van der Waals surface area contributed by atoms with Crippen LogP contribution in [0, 0.1) is 10.1 Å². The maximum Gasteiger partial charge on any atom is 0.292 e. The third-order valence-electron chi connectivity index (χ3n) is 3.71. The molecule has 0 spiro atoms. The van der Waals surface area contributed by atoms with Crippen LogP contribution in [-0.4, -0.2) is 30.7 Å². The van der Waals surface area contributed by atoms with Gasteiger partial charge in [0, 0.05) is 37.0 Å². The van der Waals surface area contributed by atoms with Crippen LogP contribution in [0.25, 0.3) is 0 Å². The van der Waals surface area contributed by atoms with Gasteiger partial charge in [-0.1, -0.05) is 0 Å². The van der Waals surface area contributed by atoms with Gasteiger partial charge in [0.15, 0.2) is 0 Å². The van der Waals surface area contributed by atoms with E-state index in [0.717, 1.165) is 43.7 Å². The van der Waals surface area contributed by atoms with E-state index < -0.39 is 0 Å². The van der Waals surface area contributed by atoms with Crippen molar-refractivity contribution in [3.8, 4) is 0 Å². The smallest absolute Gasteiger partial charge is 0.292 e. The van der Waals surface area contributed by atoms with Crippen molar-refractivity contribution in [2.24, 2.45) is 0 Å². The Morgan fingerprint density at radius 2 is 2.42 bits per heavy atom. The molecule has 1 saturated heterocycles. The lowest BCUT2D eigenvalue weighted by Gasteiger charge is -2.14. The zero-order chi connectivity index (χ0) is 13.2. The number of rotatable bonds is 4. The van der Waals surface area contributed by atoms with E-state index in [-0.39, 0.29) is 16.7 Å². The normalized spacial score (nSPS) is 20.9. The Hall–Kier alpha value is -1.82. The highest BCUT2D eigenvalue weighted by molar-refractivity contribution is 5.77. The van der Waals surface area contributed by atoms with E-state index >= 15 is 0 Å². The number of nitrogens with one attached hydrogen (secondary N) is 2. The van der Waals surface area contributed by atoms with Crippen molar-refractivity contribution in [2.45, 2.75) is 25.4 Å². The van der Waals surface area contributed by atoms with Gasteiger partial charge in [-0.3, -0.25) is 10.1 Å². The van der Waals surface area contributed by atoms with Gasteiger partial charge in [-0.2, -0.15) is 0 Å². The van der Waals surface area contributed by atoms with Crippen molar-refractivity contribution in [1.82, 2.24) is 0 Å². The number of hydrogen-bond acceptors (Lipinski definition) is 5. The molecular weight excluding hydrogens is 246 g/mol. The van der Waals surface area contributed by atoms with Gasteiger partial charge in [0.2, 0.25) is 0 Å². The molecule has 0 aliphatic carbocycles. The molecule has 2 aliphatic rings. The molecule has 1 aromatic rings. The quantitative estimate of drug-likeness (QED) is 0.643. The van der Waals surface area contributed by atoms with Crippen molar-refractivity contribution in [3.63, 3.8) is 0 Å². The van der Waals surface area contributed by atoms with E-state index in [0.29, 0.717) is 12.2 Å². The van der Waals surface area contributed by atoms with Gasteiger partial charge < -0.3 is 15.4 Å². The monoisotopic (exact) mass is 263 g/mol. The maximum atomic E-state index is 11.1. The summed E-state index contributed by atoms with van der Waals surface area (Å²) in [6.07, 6.45) is 3.09. The number of anilines is 2. The van der Waals surface area contributed by atoms with Gasteiger partial charge in [0.05, 0.1) is 11.0 Å². The van der Waals surface area contributed by atoms with E-state index in [9.17, 15) is 10.1 Å². The fourth-order valence-electron chi connectivity index (χ4n) is 2.75. The molecule has 2 aliphatic heterocycles. The van der Waals surface area contributed by atoms with Gasteiger partial charge in [0.1, 0.15) is 5.69 Å². The molecule has 2 heterocycles. The lowest BCUT2D eigenvalue weighted by Crippen LogP contribution is -2.19. The van der Waals surface area contributed by atoms with Crippen LogP contribution < -0.4 is 10.6 Å². The predicted octanol–water partition coefficient (Wildman–Crippen LogP) is 2.15. The van der Waals surface area contributed by atoms with Crippen molar-refractivity contribution in [2.75, 3.05) is 30.3 Å². The van der Waals surface area contributed by atoms with Gasteiger partial charge >= 0.3 is 0 Å². The van der Waals surface area contributed by atoms with Crippen molar-refractivity contribution >= 4 is 17.1 Å². The largest absolute Gasteiger partial charge is 0.384 e. The molecular formula is C13H17N3O3. The summed E-state index contributed by atoms with van der Waals surface area (Å²) >= 11 is 0. The molecule has 1 fully saturated rings. The van der Waals surface area contributed by atoms with Crippen LogP contribution in [0.2, 0.25) is 0 Å². The summed E-state index contributed by atoms with van der Waals surface area (Å²) in [6.45, 7) is 2.27. The molecule has 6 nitrogen and oxygen atoms in total. The molecule has 0 amide bonds. The Labute approximate surface area is 111 Å². The molecule has 1 unspecified atom stereocenters. The molecule has 2 N–H and O–H groups in total. The fraction of sp³-hybridized carbons (Fsp3) is 0.538. The van der Waals surface area contributed by atoms with Gasteiger partial charge in [-0.05, 0) is 25.3 Å². The van der Waals surface area contributed by atoms with E-state index in [2.05, 4.69) is 10.6 Å². The van der Waals surface area contributed by atoms with Gasteiger partial charge in [-0.25, -0.2) is 0 Å². The summed E-state index contributed by atoms with van der Waals surface area (Å²) in [4.78, 5) is 10.8. The summed E-state index contributed by atoms with van der Waals surface area (Å²) in [6, 6.07) is 3.35. The number of benzene rings is 1. The van der Waals surface area contributed by atoms with Crippen LogP contribution in [0.5, 0.6) is 0 Å². The first kappa shape index (κ1) is 12.2. The lowest BCUT2D eigenvalue weighted by atomic mass is 10.1. The van der Waals surface area contributed by atoms with E-state index in [1.165, 1.54) is 0 Å². The summed E-state index contributed by atoms with van der Waals surface area (Å²) in [7, 11) is 0. The van der Waals surface area contributed by atoms with E-state index in [4.69, 9.17) is 4.74 Å². The highest BCUT2D eigenvalue weighted by atomic mass is 16.6. The Kier molecular flexibility index (Phi) is 3.25. The molecule has 102 valence electrons. The molecule has 19 heavy (non-hydrogen) atoms. The molecule has 3 rings (SSSR count). The Bertz CT molecular complexity index is 498. The number of nitrogens with zero attached hydrogens (tertiary/aromatic N) is 1. The molecule has 0 bridgehead atoms. The Balaban J connectivity index is 1.84. The average molecular weight is 263 g/mol. The second-order valence-electron chi connectivity index (χ2n) is 4.94. The van der Waals surface area contributed by atoms with Gasteiger partial charge in [-0.15, -0.1) is 0 Å². The highest BCUT2D eigenvalue weighted by Crippen LogP contribution is 2.37. The third kappa shape index (κ3) is 2.35. The number of nitro benzene ring substituents is 1. The molecule has 0 aromatic heterocycles. The predicted molar refractivity (Wildman–Crippen MR) is 72.8 cm³/mol. The van der Waals surface area contributed by atoms with Crippen molar-refractivity contribution < 1.29 is 9.66 Å². The Morgan fingerprint density at radius 1 is 1.53 bits per heavy atom. The zero-order valence-corrected chi connectivity index (χ0v) is 10.6. The van der Waals surface area contributed by atoms with Crippen molar-refractivity contribution in [1.29, 1.82) is 0 Å². The van der Waals surface area contributed by atoms with Crippen LogP contribution >= 0.6 is 0 Å². The van der Waals surface area contributed by atoms with Crippen molar-refractivity contribution in [3.05, 3.63) is 27.8 Å². The van der Waals surface area contributed by atoms with E-state index in [1.807, 2.05) is 0 Å². The molecule has 1 aromatic carbocycles. The first-order valence-corrected chi connectivity index (χ1v) is 6.65. The molecule has 1 atom stereocenters. The molecule has 0 radical (unpaired) electrons. The lowest BCUT2D eigenvalue weighted by molar-refractivity contribution is -0.384. The van der Waals surface area contributed by atoms with Crippen LogP contribution in [0.4, 0.5) is 17.1 Å². The van der Waals surface area contributed by atoms with Gasteiger partial charge in [0.25, 0.3) is 5.69 Å². The van der Waals surface area contributed by atoms with Crippen LogP contribution in [0.15, 0.2) is 12.1 Å². The topological polar surface area (TPSA) is 76.4 Å². The number of nitro groups is 1.